The molecule has 0 unspecified atom stereocenters. The highest BCUT2D eigenvalue weighted by molar-refractivity contribution is 6.05. The summed E-state index contributed by atoms with van der Waals surface area (Å²) < 4.78 is 38.6. The van der Waals surface area contributed by atoms with Crippen LogP contribution >= 0.6 is 0 Å². The molecule has 0 aromatic heterocycles. The van der Waals surface area contributed by atoms with Crippen molar-refractivity contribution >= 4 is 17.3 Å². The van der Waals surface area contributed by atoms with Crippen molar-refractivity contribution in [2.75, 3.05) is 11.1 Å². The Bertz CT molecular complexity index is 681. The Morgan fingerprint density at radius 1 is 1.14 bits per heavy atom. The molecule has 0 aliphatic carbocycles. The van der Waals surface area contributed by atoms with Crippen molar-refractivity contribution in [1.29, 1.82) is 0 Å². The minimum atomic E-state index is -4.53. The SMILES string of the molecule is Cc1cc(N)ccc1C(=O)Nc1ccccc1C(F)(F)F. The van der Waals surface area contributed by atoms with E-state index in [1.807, 2.05) is 0 Å². The molecule has 0 saturated heterocycles. The van der Waals surface area contributed by atoms with E-state index in [0.717, 1.165) is 6.07 Å². The van der Waals surface area contributed by atoms with Crippen LogP contribution in [0, 0.1) is 6.92 Å². The lowest BCUT2D eigenvalue weighted by Crippen LogP contribution is -2.17. The number of nitrogens with one attached hydrogen (secondary N) is 1. The third-order valence-electron chi connectivity index (χ3n) is 2.98. The maximum Gasteiger partial charge on any atom is 0.418 e. The lowest BCUT2D eigenvalue weighted by atomic mass is 10.1. The molecule has 6 heteroatoms. The van der Waals surface area contributed by atoms with Crippen LogP contribution in [0.5, 0.6) is 0 Å². The van der Waals surface area contributed by atoms with Gasteiger partial charge in [0.25, 0.3) is 5.91 Å². The van der Waals surface area contributed by atoms with E-state index in [-0.39, 0.29) is 11.3 Å². The molecule has 0 atom stereocenters. The molecule has 2 rings (SSSR count). The van der Waals surface area contributed by atoms with E-state index in [0.29, 0.717) is 11.3 Å². The van der Waals surface area contributed by atoms with E-state index in [4.69, 9.17) is 5.73 Å². The summed E-state index contributed by atoms with van der Waals surface area (Å²) in [5.74, 6) is -0.607. The zero-order chi connectivity index (χ0) is 15.6. The number of nitrogens with two attached hydrogens (primary N) is 1. The molecule has 0 spiro atoms. The summed E-state index contributed by atoms with van der Waals surface area (Å²) >= 11 is 0. The molecule has 2 aromatic rings. The van der Waals surface area contributed by atoms with Crippen LogP contribution in [-0.4, -0.2) is 5.91 Å². The van der Waals surface area contributed by atoms with Crippen molar-refractivity contribution in [2.45, 2.75) is 13.1 Å². The first-order valence-corrected chi connectivity index (χ1v) is 6.13. The van der Waals surface area contributed by atoms with Gasteiger partial charge < -0.3 is 11.1 Å². The molecule has 3 N–H and O–H groups in total. The number of hydrogen-bond acceptors (Lipinski definition) is 2. The number of carbonyl (C=O) groups is 1. The van der Waals surface area contributed by atoms with Crippen molar-refractivity contribution in [3.05, 3.63) is 59.2 Å². The van der Waals surface area contributed by atoms with Gasteiger partial charge in [-0.1, -0.05) is 12.1 Å². The molecule has 1 amide bonds. The number of hydrogen-bond donors (Lipinski definition) is 2. The number of alkyl halides is 3. The molecule has 21 heavy (non-hydrogen) atoms. The minimum absolute atomic E-state index is 0.272. The lowest BCUT2D eigenvalue weighted by Gasteiger charge is -2.14. The van der Waals surface area contributed by atoms with E-state index in [2.05, 4.69) is 5.32 Å². The third kappa shape index (κ3) is 3.34. The van der Waals surface area contributed by atoms with Gasteiger partial charge in [0.1, 0.15) is 0 Å². The highest BCUT2D eigenvalue weighted by atomic mass is 19.4. The summed E-state index contributed by atoms with van der Waals surface area (Å²) in [7, 11) is 0. The molecule has 2 aromatic carbocycles. The summed E-state index contributed by atoms with van der Waals surface area (Å²) in [5.41, 5.74) is 5.79. The second-order valence-corrected chi connectivity index (χ2v) is 4.57. The maximum absolute atomic E-state index is 12.9. The Kier molecular flexibility index (Phi) is 3.88. The van der Waals surface area contributed by atoms with Gasteiger partial charge in [0.15, 0.2) is 0 Å². The second kappa shape index (κ2) is 5.47. The van der Waals surface area contributed by atoms with Crippen LogP contribution in [0.2, 0.25) is 0 Å². The minimum Gasteiger partial charge on any atom is -0.399 e. The number of rotatable bonds is 2. The predicted molar refractivity (Wildman–Crippen MR) is 75.0 cm³/mol. The summed E-state index contributed by atoms with van der Waals surface area (Å²) in [6.07, 6.45) is -4.53. The summed E-state index contributed by atoms with van der Waals surface area (Å²) in [6.45, 7) is 1.67. The van der Waals surface area contributed by atoms with Crippen molar-refractivity contribution in [3.8, 4) is 0 Å². The number of para-hydroxylation sites is 1. The highest BCUT2D eigenvalue weighted by Gasteiger charge is 2.33. The summed E-state index contributed by atoms with van der Waals surface area (Å²) in [4.78, 5) is 12.1. The number of nitrogen functional groups attached to an aromatic ring is 1. The Morgan fingerprint density at radius 3 is 2.43 bits per heavy atom. The zero-order valence-electron chi connectivity index (χ0n) is 11.2. The van der Waals surface area contributed by atoms with Gasteiger partial charge in [0.2, 0.25) is 0 Å². The summed E-state index contributed by atoms with van der Waals surface area (Å²) in [6, 6.07) is 9.44. The number of amides is 1. The molecule has 0 radical (unpaired) electrons. The monoisotopic (exact) mass is 294 g/mol. The number of aryl methyl sites for hydroxylation is 1. The highest BCUT2D eigenvalue weighted by Crippen LogP contribution is 2.34. The van der Waals surface area contributed by atoms with Gasteiger partial charge >= 0.3 is 6.18 Å². The van der Waals surface area contributed by atoms with Gasteiger partial charge in [0.05, 0.1) is 11.3 Å². The average molecular weight is 294 g/mol. The van der Waals surface area contributed by atoms with Crippen molar-refractivity contribution in [1.82, 2.24) is 0 Å². The number of anilines is 2. The lowest BCUT2D eigenvalue weighted by molar-refractivity contribution is -0.136. The molecule has 0 fully saturated rings. The molecule has 0 bridgehead atoms. The second-order valence-electron chi connectivity index (χ2n) is 4.57. The van der Waals surface area contributed by atoms with Crippen LogP contribution in [0.4, 0.5) is 24.5 Å². The number of carbonyl (C=O) groups excluding carboxylic acids is 1. The van der Waals surface area contributed by atoms with Crippen molar-refractivity contribution in [2.24, 2.45) is 0 Å². The van der Waals surface area contributed by atoms with E-state index >= 15 is 0 Å². The van der Waals surface area contributed by atoms with Gasteiger partial charge in [-0.25, -0.2) is 0 Å². The van der Waals surface area contributed by atoms with Crippen LogP contribution in [0.3, 0.4) is 0 Å². The van der Waals surface area contributed by atoms with E-state index in [1.165, 1.54) is 30.3 Å². The van der Waals surface area contributed by atoms with Crippen LogP contribution < -0.4 is 11.1 Å². The first-order chi connectivity index (χ1) is 9.79. The van der Waals surface area contributed by atoms with Crippen molar-refractivity contribution < 1.29 is 18.0 Å². The van der Waals surface area contributed by atoms with Crippen LogP contribution in [0.25, 0.3) is 0 Å². The number of halogens is 3. The first kappa shape index (κ1) is 14.9. The third-order valence-corrected chi connectivity index (χ3v) is 2.98. The zero-order valence-corrected chi connectivity index (χ0v) is 11.2. The molecule has 3 nitrogen and oxygen atoms in total. The normalized spacial score (nSPS) is 11.2. The van der Waals surface area contributed by atoms with Crippen LogP contribution in [0.1, 0.15) is 21.5 Å². The quantitative estimate of drug-likeness (QED) is 0.827. The molecule has 0 heterocycles. The largest absolute Gasteiger partial charge is 0.418 e. The fourth-order valence-corrected chi connectivity index (χ4v) is 1.97. The smallest absolute Gasteiger partial charge is 0.399 e. The van der Waals surface area contributed by atoms with Gasteiger partial charge in [0, 0.05) is 11.3 Å². The standard InChI is InChI=1S/C15H13F3N2O/c1-9-8-10(19)6-7-11(9)14(21)20-13-5-3-2-4-12(13)15(16,17)18/h2-8H,19H2,1H3,(H,20,21). The Hall–Kier alpha value is -2.50. The molecule has 110 valence electrons. The molecular formula is C15H13F3N2O. The van der Waals surface area contributed by atoms with Gasteiger partial charge in [-0.3, -0.25) is 4.79 Å². The Balaban J connectivity index is 2.32. The molecular weight excluding hydrogens is 281 g/mol. The maximum atomic E-state index is 12.9. The molecule has 0 aliphatic heterocycles. The van der Waals surface area contributed by atoms with Gasteiger partial charge in [-0.2, -0.15) is 13.2 Å². The molecule has 0 aliphatic rings. The van der Waals surface area contributed by atoms with E-state index in [1.54, 1.807) is 13.0 Å². The molecule has 0 saturated carbocycles. The predicted octanol–water partition coefficient (Wildman–Crippen LogP) is 3.85. The Labute approximate surface area is 119 Å². The Morgan fingerprint density at radius 2 is 1.81 bits per heavy atom. The number of benzene rings is 2. The average Bonchev–Trinajstić information content (AvgIpc) is 2.37. The topological polar surface area (TPSA) is 55.1 Å². The fraction of sp³-hybridized carbons (Fsp3) is 0.133. The van der Waals surface area contributed by atoms with Crippen LogP contribution in [-0.2, 0) is 6.18 Å². The van der Waals surface area contributed by atoms with E-state index < -0.39 is 17.6 Å². The fourth-order valence-electron chi connectivity index (χ4n) is 1.97. The van der Waals surface area contributed by atoms with Gasteiger partial charge in [-0.05, 0) is 42.8 Å². The first-order valence-electron chi connectivity index (χ1n) is 6.13. The van der Waals surface area contributed by atoms with Gasteiger partial charge in [-0.15, -0.1) is 0 Å². The summed E-state index contributed by atoms with van der Waals surface area (Å²) in [5, 5.41) is 2.29. The van der Waals surface area contributed by atoms with Crippen molar-refractivity contribution in [3.63, 3.8) is 0 Å². The van der Waals surface area contributed by atoms with E-state index in [9.17, 15) is 18.0 Å². The van der Waals surface area contributed by atoms with Crippen LogP contribution in [0.15, 0.2) is 42.5 Å².